The molecule has 0 aliphatic carbocycles. The zero-order valence-corrected chi connectivity index (χ0v) is 17.3. The zero-order valence-electron chi connectivity index (χ0n) is 16.4. The third-order valence-corrected chi connectivity index (χ3v) is 3.85. The fourth-order valence-corrected chi connectivity index (χ4v) is 2.51. The molecular formula is C19H25O8P. The minimum Gasteiger partial charge on any atom is -0.500 e. The summed E-state index contributed by atoms with van der Waals surface area (Å²) < 4.78 is 36.4. The van der Waals surface area contributed by atoms with Crippen LogP contribution in [0.1, 0.15) is 12.5 Å². The van der Waals surface area contributed by atoms with Crippen molar-refractivity contribution >= 4 is 13.9 Å². The minimum atomic E-state index is -4.71. The van der Waals surface area contributed by atoms with Gasteiger partial charge in [0.1, 0.15) is 6.26 Å². The number of phosphoric acid groups is 1. The number of methoxy groups -OCH3 is 4. The van der Waals surface area contributed by atoms with Gasteiger partial charge in [-0.1, -0.05) is 24.3 Å². The molecule has 0 amide bonds. The van der Waals surface area contributed by atoms with Crippen LogP contribution in [-0.4, -0.2) is 38.2 Å². The molecule has 154 valence electrons. The van der Waals surface area contributed by atoms with E-state index in [9.17, 15) is 4.57 Å². The smallest absolute Gasteiger partial charge is 0.500 e. The first-order valence-electron chi connectivity index (χ1n) is 8.08. The maximum Gasteiger partial charge on any atom is 0.524 e. The number of benzene rings is 1. The van der Waals surface area contributed by atoms with Crippen LogP contribution in [0.2, 0.25) is 0 Å². The molecule has 1 aromatic rings. The molecule has 0 saturated heterocycles. The first-order chi connectivity index (χ1) is 13.3. The first kappa shape index (κ1) is 23.4. The normalized spacial score (nSPS) is 13.5. The Morgan fingerprint density at radius 3 is 2.21 bits per heavy atom. The molecule has 0 aliphatic rings. The summed E-state index contributed by atoms with van der Waals surface area (Å²) in [7, 11) is 1.19. The molecular weight excluding hydrogens is 387 g/mol. The van der Waals surface area contributed by atoms with Crippen LogP contribution in [0.5, 0.6) is 11.5 Å². The lowest BCUT2D eigenvalue weighted by atomic mass is 10.1. The van der Waals surface area contributed by atoms with E-state index >= 15 is 0 Å². The molecule has 0 spiro atoms. The number of allylic oxidation sites excluding steroid dienone is 4. The van der Waals surface area contributed by atoms with Crippen molar-refractivity contribution in [3.8, 4) is 11.5 Å². The fraction of sp³-hybridized carbons (Fsp3) is 0.263. The summed E-state index contributed by atoms with van der Waals surface area (Å²) in [5.41, 5.74) is 1.44. The van der Waals surface area contributed by atoms with Crippen LogP contribution in [0.4, 0.5) is 0 Å². The topological polar surface area (TPSA) is 104 Å². The predicted molar refractivity (Wildman–Crippen MR) is 106 cm³/mol. The van der Waals surface area contributed by atoms with Crippen molar-refractivity contribution in [2.45, 2.75) is 6.92 Å². The third kappa shape index (κ3) is 7.52. The molecule has 0 atom stereocenters. The van der Waals surface area contributed by atoms with Gasteiger partial charge in [-0.25, -0.2) is 4.57 Å². The molecule has 28 heavy (non-hydrogen) atoms. The summed E-state index contributed by atoms with van der Waals surface area (Å²) in [6.45, 7) is 1.85. The second kappa shape index (κ2) is 11.2. The summed E-state index contributed by atoms with van der Waals surface area (Å²) in [6, 6.07) is 4.75. The first-order valence-corrected chi connectivity index (χ1v) is 9.61. The monoisotopic (exact) mass is 412 g/mol. The maximum absolute atomic E-state index is 11.1. The van der Waals surface area contributed by atoms with Gasteiger partial charge in [0.2, 0.25) is 0 Å². The van der Waals surface area contributed by atoms with Crippen LogP contribution in [0.15, 0.2) is 59.8 Å². The van der Waals surface area contributed by atoms with Gasteiger partial charge in [0, 0.05) is 0 Å². The van der Waals surface area contributed by atoms with Gasteiger partial charge >= 0.3 is 7.82 Å². The average molecular weight is 412 g/mol. The second-order valence-electron chi connectivity index (χ2n) is 5.25. The van der Waals surface area contributed by atoms with Gasteiger partial charge in [0.15, 0.2) is 23.0 Å². The molecule has 1 aromatic carbocycles. The minimum absolute atomic E-state index is 0.0576. The van der Waals surface area contributed by atoms with Crippen molar-refractivity contribution in [2.24, 2.45) is 0 Å². The van der Waals surface area contributed by atoms with E-state index < -0.39 is 7.82 Å². The van der Waals surface area contributed by atoms with Gasteiger partial charge in [-0.2, -0.15) is 0 Å². The number of hydrogen-bond donors (Lipinski definition) is 2. The van der Waals surface area contributed by atoms with Gasteiger partial charge in [-0.15, -0.1) is 0 Å². The molecule has 8 nitrogen and oxygen atoms in total. The number of hydrogen-bond acceptors (Lipinski definition) is 6. The standard InChI is InChI=1S/C19H25O8P/c1-6-14(11-17(25-4)19(26-5)13-23-2)7-8-15-9-10-16(24-3)18(12-15)27-28(20,21)22/h6-13H,1-5H3,(H2,20,21,22)/b8-7-,14-6-,17-11+,19-13-. The molecule has 0 radical (unpaired) electrons. The number of phosphoric ester groups is 1. The molecule has 0 saturated carbocycles. The van der Waals surface area contributed by atoms with Crippen molar-refractivity contribution in [3.05, 3.63) is 65.3 Å². The molecule has 0 aliphatic heterocycles. The highest BCUT2D eigenvalue weighted by Crippen LogP contribution is 2.42. The van der Waals surface area contributed by atoms with Crippen LogP contribution >= 0.6 is 7.82 Å². The summed E-state index contributed by atoms with van der Waals surface area (Å²) in [4.78, 5) is 18.1. The van der Waals surface area contributed by atoms with Crippen molar-refractivity contribution < 1.29 is 37.8 Å². The molecule has 1 rings (SSSR count). The van der Waals surface area contributed by atoms with Crippen molar-refractivity contribution in [1.29, 1.82) is 0 Å². The van der Waals surface area contributed by atoms with E-state index in [2.05, 4.69) is 4.52 Å². The van der Waals surface area contributed by atoms with Gasteiger partial charge in [-0.3, -0.25) is 9.79 Å². The van der Waals surface area contributed by atoms with Gasteiger partial charge < -0.3 is 23.5 Å². The molecule has 0 unspecified atom stereocenters. The number of ether oxygens (including phenoxy) is 4. The zero-order chi connectivity index (χ0) is 21.2. The Hall–Kier alpha value is -2.67. The van der Waals surface area contributed by atoms with E-state index in [1.54, 1.807) is 30.4 Å². The van der Waals surface area contributed by atoms with Crippen molar-refractivity contribution in [3.63, 3.8) is 0 Å². The van der Waals surface area contributed by atoms with Crippen LogP contribution in [0, 0.1) is 0 Å². The van der Waals surface area contributed by atoms with Crippen LogP contribution in [0.3, 0.4) is 0 Å². The summed E-state index contributed by atoms with van der Waals surface area (Å²) in [5.74, 6) is 1.03. The lowest BCUT2D eigenvalue weighted by Crippen LogP contribution is -1.97. The van der Waals surface area contributed by atoms with E-state index in [0.717, 1.165) is 5.57 Å². The Labute approximate surface area is 164 Å². The summed E-state index contributed by atoms with van der Waals surface area (Å²) in [5, 5.41) is 0. The van der Waals surface area contributed by atoms with Crippen molar-refractivity contribution in [1.82, 2.24) is 0 Å². The van der Waals surface area contributed by atoms with Gasteiger partial charge in [0.25, 0.3) is 0 Å². The Balaban J connectivity index is 3.17. The van der Waals surface area contributed by atoms with Crippen LogP contribution < -0.4 is 9.26 Å². The Bertz CT molecular complexity index is 817. The highest BCUT2D eigenvalue weighted by molar-refractivity contribution is 7.46. The lowest BCUT2D eigenvalue weighted by molar-refractivity contribution is 0.201. The van der Waals surface area contributed by atoms with E-state index in [0.29, 0.717) is 17.1 Å². The Morgan fingerprint density at radius 1 is 1.04 bits per heavy atom. The van der Waals surface area contributed by atoms with Gasteiger partial charge in [0.05, 0.1) is 28.4 Å². The molecule has 2 N–H and O–H groups in total. The van der Waals surface area contributed by atoms with Crippen LogP contribution in [-0.2, 0) is 18.8 Å². The third-order valence-electron chi connectivity index (χ3n) is 3.41. The quantitative estimate of drug-likeness (QED) is 0.340. The van der Waals surface area contributed by atoms with E-state index in [-0.39, 0.29) is 11.5 Å². The predicted octanol–water partition coefficient (Wildman–Crippen LogP) is 3.79. The van der Waals surface area contributed by atoms with E-state index in [1.807, 2.05) is 13.0 Å². The molecule has 0 bridgehead atoms. The molecule has 0 aromatic heterocycles. The lowest BCUT2D eigenvalue weighted by Gasteiger charge is -2.11. The van der Waals surface area contributed by atoms with Crippen LogP contribution in [0.25, 0.3) is 6.08 Å². The highest BCUT2D eigenvalue weighted by atomic mass is 31.2. The van der Waals surface area contributed by atoms with E-state index in [4.69, 9.17) is 28.7 Å². The molecule has 9 heteroatoms. The highest BCUT2D eigenvalue weighted by Gasteiger charge is 2.19. The fourth-order valence-electron chi connectivity index (χ4n) is 2.11. The van der Waals surface area contributed by atoms with Gasteiger partial charge in [-0.05, 0) is 36.3 Å². The van der Waals surface area contributed by atoms with Crippen molar-refractivity contribution in [2.75, 3.05) is 28.4 Å². The maximum atomic E-state index is 11.1. The Kier molecular flexibility index (Phi) is 9.38. The Morgan fingerprint density at radius 2 is 1.71 bits per heavy atom. The molecule has 0 fully saturated rings. The summed E-state index contributed by atoms with van der Waals surface area (Å²) >= 11 is 0. The SMILES string of the molecule is C/C=C(/C=C\c1ccc(OC)c(OP(=O)(O)O)c1)\C=C(OC)/C(=C/OC)OC. The summed E-state index contributed by atoms with van der Waals surface area (Å²) in [6.07, 6.45) is 8.56. The number of rotatable bonds is 10. The molecule has 0 heterocycles. The van der Waals surface area contributed by atoms with E-state index in [1.165, 1.54) is 40.8 Å². The largest absolute Gasteiger partial charge is 0.524 e. The second-order valence-corrected chi connectivity index (χ2v) is 6.41. The average Bonchev–Trinajstić information content (AvgIpc) is 2.65.